The summed E-state index contributed by atoms with van der Waals surface area (Å²) >= 11 is 0. The fraction of sp³-hybridized carbons (Fsp3) is 0.267. The molecule has 0 bridgehead atoms. The molecule has 0 amide bonds. The van der Waals surface area contributed by atoms with Crippen LogP contribution in [0.15, 0.2) is 36.7 Å². The maximum Gasteiger partial charge on any atom is 1.00 e. The Labute approximate surface area is 158 Å². The Bertz CT molecular complexity index is 579. The van der Waals surface area contributed by atoms with Gasteiger partial charge in [-0.3, -0.25) is 14.8 Å². The predicted molar refractivity (Wildman–Crippen MR) is 84.3 cm³/mol. The molecule has 2 aromatic rings. The molecule has 0 saturated carbocycles. The summed E-state index contributed by atoms with van der Waals surface area (Å²) in [5.41, 5.74) is 2.31. The molecule has 0 unspecified atom stereocenters. The van der Waals surface area contributed by atoms with Gasteiger partial charge in [-0.1, -0.05) is 12.1 Å². The second-order valence-electron chi connectivity index (χ2n) is 5.30. The van der Waals surface area contributed by atoms with Crippen LogP contribution >= 0.6 is 17.0 Å². The molecule has 0 aliphatic heterocycles. The van der Waals surface area contributed by atoms with Gasteiger partial charge in [0.1, 0.15) is 11.4 Å². The van der Waals surface area contributed by atoms with E-state index in [0.29, 0.717) is 11.4 Å². The third-order valence-electron chi connectivity index (χ3n) is 2.34. The number of hydrogen-bond acceptors (Lipinski definition) is 4. The Hall–Kier alpha value is -0.590. The summed E-state index contributed by atoms with van der Waals surface area (Å²) in [6, 6.07) is 7.45. The van der Waals surface area contributed by atoms with E-state index in [1.165, 1.54) is 0 Å². The molecule has 1 aliphatic rings. The minimum absolute atomic E-state index is 0. The zero-order valence-corrected chi connectivity index (χ0v) is 16.3. The molecule has 3 rings (SSSR count). The summed E-state index contributed by atoms with van der Waals surface area (Å²) in [6.07, 6.45) is 3.26. The summed E-state index contributed by atoms with van der Waals surface area (Å²) in [7, 11) is 0. The molecule has 0 saturated heterocycles. The normalized spacial score (nSPS) is 11.1. The Morgan fingerprint density at radius 2 is 1.33 bits per heavy atom. The second kappa shape index (κ2) is 8.15. The molecule has 21 heavy (non-hydrogen) atoms. The molecular formula is C15H18BrN2NaO2. The number of carbonyl (C=O) groups is 1. The number of aliphatic hydroxyl groups is 1. The van der Waals surface area contributed by atoms with Crippen molar-refractivity contribution in [1.82, 2.24) is 9.97 Å². The van der Waals surface area contributed by atoms with Crippen LogP contribution in [0.1, 0.15) is 38.4 Å². The Morgan fingerprint density at radius 1 is 1.00 bits per heavy atom. The van der Waals surface area contributed by atoms with E-state index in [1.54, 1.807) is 33.2 Å². The van der Waals surface area contributed by atoms with Crippen molar-refractivity contribution in [2.75, 3.05) is 0 Å². The molecular weight excluding hydrogens is 343 g/mol. The molecule has 0 aromatic carbocycles. The number of hydrogen-bond donors (Lipinski definition) is 1. The van der Waals surface area contributed by atoms with E-state index in [9.17, 15) is 4.79 Å². The van der Waals surface area contributed by atoms with Gasteiger partial charge in [-0.05, 0) is 32.9 Å². The van der Waals surface area contributed by atoms with Gasteiger partial charge < -0.3 is 6.53 Å². The standard InChI is InChI=1S/C11H6N2O.C4H10O.BrH.Na.H/c14-11-9-7(3-1-5-12-9)8-4-2-6-13-10(8)11;1-4(2,3)5;;;/h1-6H;5H,1-3H3;1H;;/q;;;+1;-1. The molecule has 0 spiro atoms. The average Bonchev–Trinajstić information content (AvgIpc) is 2.63. The van der Waals surface area contributed by atoms with Crippen LogP contribution in [0.4, 0.5) is 0 Å². The Kier molecular flexibility index (Phi) is 7.92. The van der Waals surface area contributed by atoms with Crippen LogP contribution in [0.2, 0.25) is 0 Å². The summed E-state index contributed by atoms with van der Waals surface area (Å²) < 4.78 is 0. The van der Waals surface area contributed by atoms with Gasteiger partial charge in [0.15, 0.2) is 0 Å². The summed E-state index contributed by atoms with van der Waals surface area (Å²) in [4.78, 5) is 19.9. The predicted octanol–water partition coefficient (Wildman–Crippen LogP) is 0.160. The number of halogens is 1. The molecule has 1 aliphatic carbocycles. The number of carbonyl (C=O) groups excluding carboxylic acids is 1. The number of fused-ring (bicyclic) bond motifs is 3. The third kappa shape index (κ3) is 5.27. The van der Waals surface area contributed by atoms with E-state index in [0.717, 1.165) is 11.1 Å². The first-order valence-electron chi connectivity index (χ1n) is 6.05. The van der Waals surface area contributed by atoms with E-state index in [4.69, 9.17) is 5.11 Å². The molecule has 0 atom stereocenters. The molecule has 0 fully saturated rings. The molecule has 1 N–H and O–H groups in total. The first-order chi connectivity index (χ1) is 8.88. The minimum atomic E-state index is -0.500. The second-order valence-corrected chi connectivity index (χ2v) is 5.30. The van der Waals surface area contributed by atoms with Crippen LogP contribution in [0, 0.1) is 0 Å². The molecule has 4 nitrogen and oxygen atoms in total. The van der Waals surface area contributed by atoms with Crippen LogP contribution in [0.3, 0.4) is 0 Å². The zero-order chi connectivity index (χ0) is 14.0. The van der Waals surface area contributed by atoms with E-state index in [-0.39, 0.29) is 53.7 Å². The molecule has 0 radical (unpaired) electrons. The van der Waals surface area contributed by atoms with E-state index < -0.39 is 5.60 Å². The van der Waals surface area contributed by atoms with Gasteiger partial charge >= 0.3 is 29.6 Å². The monoisotopic (exact) mass is 360 g/mol. The van der Waals surface area contributed by atoms with Gasteiger partial charge in [-0.2, -0.15) is 0 Å². The smallest absolute Gasteiger partial charge is 1.00 e. The topological polar surface area (TPSA) is 63.1 Å². The van der Waals surface area contributed by atoms with Gasteiger partial charge in [0.2, 0.25) is 5.78 Å². The summed E-state index contributed by atoms with van der Waals surface area (Å²) in [5.74, 6) is -0.0730. The van der Waals surface area contributed by atoms with Crippen LogP contribution in [-0.4, -0.2) is 26.5 Å². The zero-order valence-electron chi connectivity index (χ0n) is 13.6. The van der Waals surface area contributed by atoms with Crippen molar-refractivity contribution in [2.45, 2.75) is 26.4 Å². The first kappa shape index (κ1) is 20.4. The first-order valence-corrected chi connectivity index (χ1v) is 6.05. The van der Waals surface area contributed by atoms with Gasteiger partial charge in [-0.25, -0.2) is 0 Å². The molecule has 6 heteroatoms. The van der Waals surface area contributed by atoms with Crippen LogP contribution in [-0.2, 0) is 0 Å². The number of nitrogens with zero attached hydrogens (tertiary/aromatic N) is 2. The Balaban J connectivity index is 0. The van der Waals surface area contributed by atoms with Crippen LogP contribution in [0.25, 0.3) is 11.1 Å². The van der Waals surface area contributed by atoms with E-state index in [1.807, 2.05) is 24.3 Å². The van der Waals surface area contributed by atoms with Crippen molar-refractivity contribution in [1.29, 1.82) is 0 Å². The van der Waals surface area contributed by atoms with E-state index >= 15 is 0 Å². The molecule has 108 valence electrons. The number of ketones is 1. The van der Waals surface area contributed by atoms with Crippen molar-refractivity contribution in [3.63, 3.8) is 0 Å². The number of pyridine rings is 2. The van der Waals surface area contributed by atoms with Crippen molar-refractivity contribution in [3.05, 3.63) is 48.0 Å². The molecule has 2 heterocycles. The summed E-state index contributed by atoms with van der Waals surface area (Å²) in [5, 5.41) is 8.52. The van der Waals surface area contributed by atoms with Crippen LogP contribution in [0.5, 0.6) is 0 Å². The summed E-state index contributed by atoms with van der Waals surface area (Å²) in [6.45, 7) is 5.23. The quantitative estimate of drug-likeness (QED) is 0.580. The van der Waals surface area contributed by atoms with Crippen molar-refractivity contribution < 1.29 is 40.9 Å². The maximum atomic E-state index is 11.8. The van der Waals surface area contributed by atoms with Crippen molar-refractivity contribution in [3.8, 4) is 11.1 Å². The van der Waals surface area contributed by atoms with Crippen LogP contribution < -0.4 is 29.6 Å². The van der Waals surface area contributed by atoms with Gasteiger partial charge in [0.05, 0.1) is 5.60 Å². The van der Waals surface area contributed by atoms with Gasteiger partial charge in [0.25, 0.3) is 0 Å². The minimum Gasteiger partial charge on any atom is -1.00 e. The van der Waals surface area contributed by atoms with Crippen molar-refractivity contribution >= 4 is 22.8 Å². The fourth-order valence-corrected chi connectivity index (χ4v) is 1.72. The largest absolute Gasteiger partial charge is 1.00 e. The SMILES string of the molecule is Br.CC(C)(C)O.O=C1c2ncccc2-c2cccnc21.[H-].[Na+]. The Morgan fingerprint density at radius 3 is 1.67 bits per heavy atom. The number of rotatable bonds is 0. The van der Waals surface area contributed by atoms with Gasteiger partial charge in [-0.15, -0.1) is 17.0 Å². The average molecular weight is 361 g/mol. The maximum absolute atomic E-state index is 11.8. The van der Waals surface area contributed by atoms with Gasteiger partial charge in [0, 0.05) is 23.5 Å². The fourth-order valence-electron chi connectivity index (χ4n) is 1.72. The third-order valence-corrected chi connectivity index (χ3v) is 2.34. The molecule has 2 aromatic heterocycles. The van der Waals surface area contributed by atoms with E-state index in [2.05, 4.69) is 9.97 Å². The number of aromatic nitrogens is 2. The van der Waals surface area contributed by atoms with Crippen molar-refractivity contribution in [2.24, 2.45) is 0 Å².